The van der Waals surface area contributed by atoms with Gasteiger partial charge in [-0.1, -0.05) is 19.8 Å². The Bertz CT molecular complexity index is 448. The smallest absolute Gasteiger partial charge is 0.408 e. The van der Waals surface area contributed by atoms with E-state index in [1.165, 1.54) is 17.9 Å². The van der Waals surface area contributed by atoms with Gasteiger partial charge in [-0.05, 0) is 36.7 Å². The minimum Gasteiger partial charge on any atom is -0.444 e. The molecule has 118 valence electrons. The van der Waals surface area contributed by atoms with Crippen molar-refractivity contribution < 1.29 is 18.5 Å². The fraction of sp³-hybridized carbons (Fsp3) is 0.786. The van der Waals surface area contributed by atoms with Crippen LogP contribution >= 0.6 is 0 Å². The predicted molar refractivity (Wildman–Crippen MR) is 83.7 cm³/mol. The van der Waals surface area contributed by atoms with Gasteiger partial charge < -0.3 is 10.1 Å². The third-order valence-corrected chi connectivity index (χ3v) is 3.08. The van der Waals surface area contributed by atoms with Gasteiger partial charge in [0.05, 0.1) is 6.04 Å². The van der Waals surface area contributed by atoms with Crippen molar-refractivity contribution >= 4 is 26.8 Å². The number of alkyl carbamates (subject to hydrolysis) is 1. The second-order valence-corrected chi connectivity index (χ2v) is 9.02. The van der Waals surface area contributed by atoms with Gasteiger partial charge >= 0.3 is 6.09 Å². The first kappa shape index (κ1) is 19.0. The Labute approximate surface area is 122 Å². The van der Waals surface area contributed by atoms with Crippen LogP contribution in [0.3, 0.4) is 0 Å². The van der Waals surface area contributed by atoms with Crippen molar-refractivity contribution in [3.63, 3.8) is 0 Å². The number of Topliss-reactive ketones (excluding diaryl/α,β-unsaturated/α-hetero) is 1. The van der Waals surface area contributed by atoms with Crippen LogP contribution in [0.4, 0.5) is 4.79 Å². The number of carbonyl (C=O) groups is 2. The van der Waals surface area contributed by atoms with Crippen molar-refractivity contribution in [1.29, 1.82) is 0 Å². The molecule has 0 unspecified atom stereocenters. The number of amides is 1. The summed E-state index contributed by atoms with van der Waals surface area (Å²) in [5.74, 6) is -0.320. The molecule has 0 aliphatic carbocycles. The first-order chi connectivity index (χ1) is 8.94. The van der Waals surface area contributed by atoms with Gasteiger partial charge in [-0.2, -0.15) is 0 Å². The summed E-state index contributed by atoms with van der Waals surface area (Å²) >= 11 is 0. The maximum atomic E-state index is 12.1. The molecule has 0 saturated heterocycles. The Hall–Kier alpha value is -1.04. The fourth-order valence-electron chi connectivity index (χ4n) is 1.51. The zero-order valence-corrected chi connectivity index (χ0v) is 14.1. The quantitative estimate of drug-likeness (QED) is 0.762. The second-order valence-electron chi connectivity index (χ2n) is 6.17. The van der Waals surface area contributed by atoms with Gasteiger partial charge in [0.25, 0.3) is 0 Å². The molecule has 0 spiro atoms. The van der Waals surface area contributed by atoms with Crippen LogP contribution in [0.2, 0.25) is 0 Å². The van der Waals surface area contributed by atoms with Crippen LogP contribution in [0.5, 0.6) is 0 Å². The lowest BCUT2D eigenvalue weighted by atomic mass is 10.1. The minimum atomic E-state index is -2.28. The Morgan fingerprint density at radius 3 is 2.25 bits per heavy atom. The van der Waals surface area contributed by atoms with Crippen molar-refractivity contribution in [3.8, 4) is 0 Å². The molecular formula is C14H27NO4S. The van der Waals surface area contributed by atoms with E-state index >= 15 is 0 Å². The molecule has 0 aromatic carbocycles. The van der Waals surface area contributed by atoms with Gasteiger partial charge in [0.15, 0.2) is 5.78 Å². The number of nitrogens with one attached hydrogen (secondary N) is 1. The van der Waals surface area contributed by atoms with E-state index in [9.17, 15) is 13.8 Å². The summed E-state index contributed by atoms with van der Waals surface area (Å²) in [6, 6.07) is -0.675. The van der Waals surface area contributed by atoms with Crippen LogP contribution in [0.25, 0.3) is 0 Å². The maximum absolute atomic E-state index is 12.1. The fourth-order valence-corrected chi connectivity index (χ4v) is 2.23. The second kappa shape index (κ2) is 7.67. The van der Waals surface area contributed by atoms with E-state index in [2.05, 4.69) is 5.32 Å². The normalized spacial score (nSPS) is 13.5. The molecule has 1 N–H and O–H groups in total. The van der Waals surface area contributed by atoms with Crippen molar-refractivity contribution in [2.45, 2.75) is 58.6 Å². The Kier molecular flexibility index (Phi) is 7.27. The lowest BCUT2D eigenvalue weighted by Gasteiger charge is -2.22. The molecule has 5 nitrogen and oxygen atoms in total. The van der Waals surface area contributed by atoms with E-state index in [1.54, 1.807) is 20.8 Å². The highest BCUT2D eigenvalue weighted by Gasteiger charge is 2.23. The Balaban J connectivity index is 4.86. The molecule has 0 aliphatic rings. The zero-order valence-electron chi connectivity index (χ0n) is 13.3. The van der Waals surface area contributed by atoms with Gasteiger partial charge in [-0.3, -0.25) is 9.00 Å². The number of ketones is 1. The van der Waals surface area contributed by atoms with E-state index in [1.807, 2.05) is 6.92 Å². The van der Waals surface area contributed by atoms with Crippen LogP contribution in [0, 0.1) is 0 Å². The summed E-state index contributed by atoms with van der Waals surface area (Å²) in [5.41, 5.74) is -0.616. The van der Waals surface area contributed by atoms with Crippen LogP contribution in [-0.4, -0.2) is 45.6 Å². The van der Waals surface area contributed by atoms with Crippen LogP contribution in [0.15, 0.2) is 0 Å². The molecule has 0 rings (SSSR count). The third-order valence-electron chi connectivity index (χ3n) is 2.28. The van der Waals surface area contributed by atoms with E-state index in [0.717, 1.165) is 12.8 Å². The summed E-state index contributed by atoms with van der Waals surface area (Å²) < 4.78 is 16.8. The summed E-state index contributed by atoms with van der Waals surface area (Å²) in [6.07, 6.45) is 4.59. The van der Waals surface area contributed by atoms with Gasteiger partial charge in [0, 0.05) is 17.9 Å². The van der Waals surface area contributed by atoms with Gasteiger partial charge in [0.1, 0.15) is 5.60 Å². The molecule has 0 heterocycles. The topological polar surface area (TPSA) is 72.5 Å². The summed E-state index contributed by atoms with van der Waals surface area (Å²) in [7, 11) is -2.28. The highest BCUT2D eigenvalue weighted by atomic mass is 32.2. The van der Waals surface area contributed by atoms with E-state index in [-0.39, 0.29) is 5.78 Å². The molecule has 0 fully saturated rings. The maximum Gasteiger partial charge on any atom is 0.408 e. The molecule has 20 heavy (non-hydrogen) atoms. The molecule has 0 saturated carbocycles. The van der Waals surface area contributed by atoms with E-state index in [4.69, 9.17) is 4.74 Å². The van der Waals surface area contributed by atoms with Gasteiger partial charge in [0.2, 0.25) is 0 Å². The minimum absolute atomic E-state index is 0.320. The molecule has 1 amide bonds. The summed E-state index contributed by atoms with van der Waals surface area (Å²) in [6.45, 7) is 7.27. The SMILES string of the molecule is CCCC[C@H](NC(=O)OC(C)(C)C)C(=O)C=S(C)(C)=O. The summed E-state index contributed by atoms with van der Waals surface area (Å²) in [4.78, 5) is 23.8. The van der Waals surface area contributed by atoms with Gasteiger partial charge in [-0.15, -0.1) is 0 Å². The van der Waals surface area contributed by atoms with Crippen molar-refractivity contribution in [1.82, 2.24) is 5.32 Å². The monoisotopic (exact) mass is 305 g/mol. The number of rotatable bonds is 6. The average molecular weight is 305 g/mol. The van der Waals surface area contributed by atoms with Crippen molar-refractivity contribution in [2.24, 2.45) is 0 Å². The molecule has 0 radical (unpaired) electrons. The molecule has 0 aromatic rings. The third kappa shape index (κ3) is 9.83. The predicted octanol–water partition coefficient (Wildman–Crippen LogP) is 1.99. The lowest BCUT2D eigenvalue weighted by Crippen LogP contribution is -2.44. The largest absolute Gasteiger partial charge is 0.444 e. The van der Waals surface area contributed by atoms with Crippen LogP contribution in [-0.2, 0) is 19.1 Å². The average Bonchev–Trinajstić information content (AvgIpc) is 2.18. The highest BCUT2D eigenvalue weighted by Crippen LogP contribution is 2.08. The van der Waals surface area contributed by atoms with Gasteiger partial charge in [-0.25, -0.2) is 4.79 Å². The highest BCUT2D eigenvalue weighted by molar-refractivity contribution is 8.01. The van der Waals surface area contributed by atoms with Crippen LogP contribution in [0.1, 0.15) is 47.0 Å². The molecule has 0 aromatic heterocycles. The molecule has 0 bridgehead atoms. The number of hydrogen-bond donors (Lipinski definition) is 1. The first-order valence-electron chi connectivity index (χ1n) is 6.77. The van der Waals surface area contributed by atoms with E-state index < -0.39 is 27.3 Å². The molecule has 0 aliphatic heterocycles. The standard InChI is InChI=1S/C14H27NO4S/c1-7-8-9-11(12(16)10-20(5,6)18)15-13(17)19-14(2,3)4/h10-11H,7-9H2,1-6H3,(H,15,17)/t11-/m0/s1. The number of ether oxygens (including phenoxy) is 1. The molecular weight excluding hydrogens is 278 g/mol. The summed E-state index contributed by atoms with van der Waals surface area (Å²) in [5, 5.41) is 3.76. The Morgan fingerprint density at radius 2 is 1.85 bits per heavy atom. The molecule has 6 heteroatoms. The van der Waals surface area contributed by atoms with Crippen molar-refractivity contribution in [3.05, 3.63) is 0 Å². The van der Waals surface area contributed by atoms with Crippen LogP contribution < -0.4 is 5.32 Å². The first-order valence-corrected chi connectivity index (χ1v) is 9.20. The van der Waals surface area contributed by atoms with Crippen molar-refractivity contribution in [2.75, 3.05) is 12.5 Å². The number of unbranched alkanes of at least 4 members (excludes halogenated alkanes) is 1. The lowest BCUT2D eigenvalue weighted by molar-refractivity contribution is -0.114. The van der Waals surface area contributed by atoms with E-state index in [0.29, 0.717) is 6.42 Å². The number of hydrogen-bond acceptors (Lipinski definition) is 4. The molecule has 1 atom stereocenters. The zero-order chi connectivity index (χ0) is 16.0. The number of carbonyl (C=O) groups excluding carboxylic acids is 2. The Morgan fingerprint density at radius 1 is 1.30 bits per heavy atom.